The molecule has 3 rings (SSSR count). The van der Waals surface area contributed by atoms with Crippen LogP contribution in [0.2, 0.25) is 0 Å². The summed E-state index contributed by atoms with van der Waals surface area (Å²) in [6.07, 6.45) is 4.27. The van der Waals surface area contributed by atoms with Gasteiger partial charge in [0.25, 0.3) is 5.56 Å². The summed E-state index contributed by atoms with van der Waals surface area (Å²) < 4.78 is 8.45. The van der Waals surface area contributed by atoms with Crippen molar-refractivity contribution < 1.29 is 4.74 Å². The van der Waals surface area contributed by atoms with Gasteiger partial charge in [-0.2, -0.15) is 0 Å². The van der Waals surface area contributed by atoms with Gasteiger partial charge in [0, 0.05) is 20.0 Å². The van der Waals surface area contributed by atoms with E-state index in [1.165, 1.54) is 7.05 Å². The highest BCUT2D eigenvalue weighted by Crippen LogP contribution is 2.41. The molecule has 1 fully saturated rings. The summed E-state index contributed by atoms with van der Waals surface area (Å²) in [5.74, 6) is 0.708. The molecule has 5 nitrogen and oxygen atoms in total. The van der Waals surface area contributed by atoms with Crippen molar-refractivity contribution >= 4 is 0 Å². The van der Waals surface area contributed by atoms with Crippen molar-refractivity contribution in [1.82, 2.24) is 9.13 Å². The van der Waals surface area contributed by atoms with E-state index in [1.54, 1.807) is 11.6 Å². The van der Waals surface area contributed by atoms with Crippen molar-refractivity contribution in [3.8, 4) is 5.75 Å². The summed E-state index contributed by atoms with van der Waals surface area (Å²) in [4.78, 5) is 23.9. The molecule has 1 aromatic heterocycles. The highest BCUT2D eigenvalue weighted by atomic mass is 16.5. The third-order valence-electron chi connectivity index (χ3n) is 3.96. The van der Waals surface area contributed by atoms with Gasteiger partial charge in [0.05, 0.1) is 11.8 Å². The SMILES string of the molecule is Cn1c2c(c(=O)n(C)c1=O)OC1CCCC2C1. The highest BCUT2D eigenvalue weighted by Gasteiger charge is 2.35. The number of nitrogens with zero attached hydrogens (tertiary/aromatic N) is 2. The average molecular weight is 236 g/mol. The summed E-state index contributed by atoms with van der Waals surface area (Å²) >= 11 is 0. The third kappa shape index (κ3) is 1.38. The van der Waals surface area contributed by atoms with E-state index >= 15 is 0 Å². The Morgan fingerprint density at radius 3 is 2.71 bits per heavy atom. The Balaban J connectivity index is 2.32. The van der Waals surface area contributed by atoms with Gasteiger partial charge < -0.3 is 4.74 Å². The summed E-state index contributed by atoms with van der Waals surface area (Å²) in [5.41, 5.74) is 0.245. The molecule has 1 aromatic rings. The first kappa shape index (κ1) is 10.6. The lowest BCUT2D eigenvalue weighted by Gasteiger charge is -2.36. The van der Waals surface area contributed by atoms with Gasteiger partial charge in [-0.25, -0.2) is 4.79 Å². The van der Waals surface area contributed by atoms with Crippen LogP contribution in [0.15, 0.2) is 9.59 Å². The fourth-order valence-corrected chi connectivity index (χ4v) is 3.07. The first-order chi connectivity index (χ1) is 8.09. The third-order valence-corrected chi connectivity index (χ3v) is 3.96. The predicted molar refractivity (Wildman–Crippen MR) is 62.5 cm³/mol. The Kier molecular flexibility index (Phi) is 2.18. The first-order valence-corrected chi connectivity index (χ1v) is 6.06. The summed E-state index contributed by atoms with van der Waals surface area (Å²) in [6, 6.07) is 0. The van der Waals surface area contributed by atoms with Crippen molar-refractivity contribution in [3.05, 3.63) is 26.5 Å². The van der Waals surface area contributed by atoms with Crippen LogP contribution in [0, 0.1) is 0 Å². The topological polar surface area (TPSA) is 53.2 Å². The second-order valence-electron chi connectivity index (χ2n) is 5.02. The number of fused-ring (bicyclic) bond motifs is 4. The maximum absolute atomic E-state index is 12.0. The molecule has 2 bridgehead atoms. The van der Waals surface area contributed by atoms with Gasteiger partial charge in [-0.15, -0.1) is 0 Å². The van der Waals surface area contributed by atoms with Crippen molar-refractivity contribution in [2.45, 2.75) is 37.7 Å². The molecule has 17 heavy (non-hydrogen) atoms. The van der Waals surface area contributed by atoms with Crippen LogP contribution in [0.25, 0.3) is 0 Å². The monoisotopic (exact) mass is 236 g/mol. The molecule has 2 atom stereocenters. The van der Waals surface area contributed by atoms with Gasteiger partial charge >= 0.3 is 5.69 Å². The van der Waals surface area contributed by atoms with E-state index in [2.05, 4.69) is 0 Å². The predicted octanol–water partition coefficient (Wildman–Crippen LogP) is 0.503. The molecule has 1 saturated carbocycles. The van der Waals surface area contributed by atoms with Crippen molar-refractivity contribution in [1.29, 1.82) is 0 Å². The Morgan fingerprint density at radius 1 is 1.18 bits per heavy atom. The molecule has 92 valence electrons. The van der Waals surface area contributed by atoms with Crippen LogP contribution in [0.3, 0.4) is 0 Å². The van der Waals surface area contributed by atoms with Crippen LogP contribution in [-0.4, -0.2) is 15.2 Å². The zero-order valence-electron chi connectivity index (χ0n) is 10.1. The molecule has 0 N–H and O–H groups in total. The molecule has 0 radical (unpaired) electrons. The molecule has 1 aliphatic heterocycles. The largest absolute Gasteiger partial charge is 0.483 e. The van der Waals surface area contributed by atoms with Crippen molar-refractivity contribution in [2.24, 2.45) is 14.1 Å². The number of hydrogen-bond acceptors (Lipinski definition) is 3. The normalized spacial score (nSPS) is 26.2. The molecule has 2 aliphatic rings. The quantitative estimate of drug-likeness (QED) is 0.659. The fraction of sp³-hybridized carbons (Fsp3) is 0.667. The molecule has 1 aliphatic carbocycles. The van der Waals surface area contributed by atoms with Crippen LogP contribution in [0.5, 0.6) is 5.75 Å². The van der Waals surface area contributed by atoms with Gasteiger partial charge in [-0.3, -0.25) is 13.9 Å². The first-order valence-electron chi connectivity index (χ1n) is 6.06. The molecular formula is C12H16N2O3. The van der Waals surface area contributed by atoms with E-state index in [0.717, 1.165) is 35.9 Å². The zero-order valence-corrected chi connectivity index (χ0v) is 10.1. The van der Waals surface area contributed by atoms with Crippen LogP contribution >= 0.6 is 0 Å². The van der Waals surface area contributed by atoms with Gasteiger partial charge in [-0.05, 0) is 25.7 Å². The van der Waals surface area contributed by atoms with Gasteiger partial charge in [0.15, 0.2) is 0 Å². The lowest BCUT2D eigenvalue weighted by molar-refractivity contribution is 0.110. The van der Waals surface area contributed by atoms with Crippen molar-refractivity contribution in [2.75, 3.05) is 0 Å². The fourth-order valence-electron chi connectivity index (χ4n) is 3.07. The number of rotatable bonds is 0. The van der Waals surface area contributed by atoms with E-state index in [1.807, 2.05) is 0 Å². The number of aromatic nitrogens is 2. The van der Waals surface area contributed by atoms with E-state index in [9.17, 15) is 9.59 Å². The maximum Gasteiger partial charge on any atom is 0.330 e. The Labute approximate surface area is 98.6 Å². The smallest absolute Gasteiger partial charge is 0.330 e. The van der Waals surface area contributed by atoms with Crippen molar-refractivity contribution in [3.63, 3.8) is 0 Å². The molecule has 5 heteroatoms. The zero-order chi connectivity index (χ0) is 12.2. The van der Waals surface area contributed by atoms with Gasteiger partial charge in [-0.1, -0.05) is 0 Å². The molecule has 2 unspecified atom stereocenters. The molecule has 0 amide bonds. The highest BCUT2D eigenvalue weighted by molar-refractivity contribution is 5.32. The summed E-state index contributed by atoms with van der Waals surface area (Å²) in [7, 11) is 3.22. The standard InChI is InChI=1S/C12H16N2O3/c1-13-9-7-4-3-5-8(6-7)17-10(9)11(15)14(2)12(13)16/h7-8H,3-6H2,1-2H3. The second kappa shape index (κ2) is 3.48. The minimum absolute atomic E-state index is 0.159. The average Bonchev–Trinajstić information content (AvgIpc) is 2.33. The minimum Gasteiger partial charge on any atom is -0.483 e. The second-order valence-corrected chi connectivity index (χ2v) is 5.02. The molecule has 0 saturated heterocycles. The Morgan fingerprint density at radius 2 is 1.94 bits per heavy atom. The minimum atomic E-state index is -0.292. The van der Waals surface area contributed by atoms with Crippen LogP contribution < -0.4 is 16.0 Å². The molecule has 0 aromatic carbocycles. The maximum atomic E-state index is 12.0. The Bertz CT molecular complexity index is 585. The van der Waals surface area contributed by atoms with E-state index < -0.39 is 0 Å². The van der Waals surface area contributed by atoms with E-state index in [-0.39, 0.29) is 17.4 Å². The lowest BCUT2D eigenvalue weighted by Crippen LogP contribution is -2.44. The van der Waals surface area contributed by atoms with Gasteiger partial charge in [0.1, 0.15) is 0 Å². The molecular weight excluding hydrogens is 220 g/mol. The summed E-state index contributed by atoms with van der Waals surface area (Å²) in [6.45, 7) is 0. The van der Waals surface area contributed by atoms with E-state index in [4.69, 9.17) is 4.74 Å². The Hall–Kier alpha value is -1.52. The number of ether oxygens (including phenoxy) is 1. The van der Waals surface area contributed by atoms with Crippen LogP contribution in [0.1, 0.15) is 37.3 Å². The molecule has 2 heterocycles. The molecule has 0 spiro atoms. The van der Waals surface area contributed by atoms with Crippen LogP contribution in [0.4, 0.5) is 0 Å². The summed E-state index contributed by atoms with van der Waals surface area (Å²) in [5, 5.41) is 0. The van der Waals surface area contributed by atoms with E-state index in [0.29, 0.717) is 11.7 Å². The lowest BCUT2D eigenvalue weighted by atomic mass is 9.82. The van der Waals surface area contributed by atoms with Gasteiger partial charge in [0.2, 0.25) is 5.75 Å². The number of hydrogen-bond donors (Lipinski definition) is 0. The van der Waals surface area contributed by atoms with Crippen LogP contribution in [-0.2, 0) is 14.1 Å².